The molecule has 1 heterocycles. The molecular weight excluding hydrogens is 232 g/mol. The van der Waals surface area contributed by atoms with E-state index in [-0.39, 0.29) is 0 Å². The van der Waals surface area contributed by atoms with Crippen LogP contribution in [0.5, 0.6) is 0 Å². The standard InChI is InChI=1S/C17H26N2/c1-14-7-9-17(10-8-14)19-12-11-18(13-15(19)2)16-5-3-4-6-16/h7-10,15-16H,3-6,11-13H2,1-2H3. The van der Waals surface area contributed by atoms with E-state index in [4.69, 9.17) is 0 Å². The maximum Gasteiger partial charge on any atom is 0.0389 e. The van der Waals surface area contributed by atoms with Gasteiger partial charge in [-0.05, 0) is 38.8 Å². The minimum atomic E-state index is 0.636. The van der Waals surface area contributed by atoms with Crippen molar-refractivity contribution in [3.63, 3.8) is 0 Å². The van der Waals surface area contributed by atoms with Gasteiger partial charge in [0, 0.05) is 37.4 Å². The van der Waals surface area contributed by atoms with Crippen LogP contribution in [0.15, 0.2) is 24.3 Å². The Hall–Kier alpha value is -1.02. The Bertz CT molecular complexity index is 406. The van der Waals surface area contributed by atoms with Gasteiger partial charge >= 0.3 is 0 Å². The first-order chi connectivity index (χ1) is 9.24. The Labute approximate surface area is 117 Å². The summed E-state index contributed by atoms with van der Waals surface area (Å²) in [5, 5.41) is 0. The minimum Gasteiger partial charge on any atom is -0.366 e. The van der Waals surface area contributed by atoms with Crippen molar-refractivity contribution >= 4 is 5.69 Å². The van der Waals surface area contributed by atoms with Gasteiger partial charge in [0.2, 0.25) is 0 Å². The molecule has 2 heteroatoms. The van der Waals surface area contributed by atoms with Crippen molar-refractivity contribution in [2.45, 2.75) is 51.6 Å². The van der Waals surface area contributed by atoms with E-state index in [2.05, 4.69) is 47.9 Å². The van der Waals surface area contributed by atoms with Crippen molar-refractivity contribution in [3.8, 4) is 0 Å². The number of rotatable bonds is 2. The molecule has 1 saturated carbocycles. The molecule has 1 aromatic rings. The van der Waals surface area contributed by atoms with E-state index in [1.54, 1.807) is 0 Å². The molecule has 2 nitrogen and oxygen atoms in total. The summed E-state index contributed by atoms with van der Waals surface area (Å²) >= 11 is 0. The van der Waals surface area contributed by atoms with Gasteiger partial charge in [-0.3, -0.25) is 4.90 Å². The highest BCUT2D eigenvalue weighted by Gasteiger charge is 2.29. The zero-order valence-electron chi connectivity index (χ0n) is 12.3. The van der Waals surface area contributed by atoms with E-state index in [9.17, 15) is 0 Å². The first-order valence-corrected chi connectivity index (χ1v) is 7.81. The van der Waals surface area contributed by atoms with Gasteiger partial charge in [-0.15, -0.1) is 0 Å². The predicted molar refractivity (Wildman–Crippen MR) is 81.8 cm³/mol. The Morgan fingerprint density at radius 2 is 1.68 bits per heavy atom. The Balaban J connectivity index is 1.65. The lowest BCUT2D eigenvalue weighted by molar-refractivity contribution is 0.166. The molecule has 0 radical (unpaired) electrons. The van der Waals surface area contributed by atoms with Crippen molar-refractivity contribution in [2.24, 2.45) is 0 Å². The molecule has 19 heavy (non-hydrogen) atoms. The molecule has 1 atom stereocenters. The van der Waals surface area contributed by atoms with Crippen LogP contribution in [-0.2, 0) is 0 Å². The molecule has 1 saturated heterocycles. The highest BCUT2D eigenvalue weighted by molar-refractivity contribution is 5.49. The van der Waals surface area contributed by atoms with Crippen LogP contribution in [-0.4, -0.2) is 36.6 Å². The number of benzene rings is 1. The summed E-state index contributed by atoms with van der Waals surface area (Å²) in [6.45, 7) is 8.19. The highest BCUT2D eigenvalue weighted by atomic mass is 15.3. The number of piperazine rings is 1. The van der Waals surface area contributed by atoms with Crippen LogP contribution in [0.2, 0.25) is 0 Å². The van der Waals surface area contributed by atoms with Gasteiger partial charge < -0.3 is 4.90 Å². The molecule has 1 unspecified atom stereocenters. The summed E-state index contributed by atoms with van der Waals surface area (Å²) < 4.78 is 0. The quantitative estimate of drug-likeness (QED) is 0.801. The van der Waals surface area contributed by atoms with Gasteiger partial charge in [0.15, 0.2) is 0 Å². The first-order valence-electron chi connectivity index (χ1n) is 7.81. The van der Waals surface area contributed by atoms with Crippen molar-refractivity contribution < 1.29 is 0 Å². The van der Waals surface area contributed by atoms with Crippen molar-refractivity contribution in [1.82, 2.24) is 4.90 Å². The average Bonchev–Trinajstić information content (AvgIpc) is 2.94. The van der Waals surface area contributed by atoms with E-state index >= 15 is 0 Å². The molecule has 1 aromatic carbocycles. The summed E-state index contributed by atoms with van der Waals surface area (Å²) in [6.07, 6.45) is 5.74. The molecule has 2 aliphatic rings. The van der Waals surface area contributed by atoms with Gasteiger partial charge in [0.1, 0.15) is 0 Å². The summed E-state index contributed by atoms with van der Waals surface area (Å²) in [6, 6.07) is 10.5. The van der Waals surface area contributed by atoms with Gasteiger partial charge in [-0.1, -0.05) is 30.5 Å². The zero-order chi connectivity index (χ0) is 13.2. The van der Waals surface area contributed by atoms with Crippen molar-refractivity contribution in [3.05, 3.63) is 29.8 Å². The van der Waals surface area contributed by atoms with E-state index < -0.39 is 0 Å². The summed E-state index contributed by atoms with van der Waals surface area (Å²) in [5.41, 5.74) is 2.74. The Kier molecular flexibility index (Phi) is 3.79. The van der Waals surface area contributed by atoms with Crippen LogP contribution in [0.1, 0.15) is 38.2 Å². The fourth-order valence-electron chi connectivity index (χ4n) is 3.71. The van der Waals surface area contributed by atoms with Crippen LogP contribution in [0.3, 0.4) is 0 Å². The van der Waals surface area contributed by atoms with Crippen LogP contribution >= 0.6 is 0 Å². The topological polar surface area (TPSA) is 6.48 Å². The molecule has 2 fully saturated rings. The second kappa shape index (κ2) is 5.54. The molecule has 1 aliphatic heterocycles. The van der Waals surface area contributed by atoms with Crippen LogP contribution in [0.25, 0.3) is 0 Å². The minimum absolute atomic E-state index is 0.636. The Morgan fingerprint density at radius 1 is 1.00 bits per heavy atom. The summed E-state index contributed by atoms with van der Waals surface area (Å²) in [5.74, 6) is 0. The fourth-order valence-corrected chi connectivity index (χ4v) is 3.71. The van der Waals surface area contributed by atoms with Crippen molar-refractivity contribution in [2.75, 3.05) is 24.5 Å². The first kappa shape index (κ1) is 13.0. The molecule has 0 N–H and O–H groups in total. The number of hydrogen-bond donors (Lipinski definition) is 0. The summed E-state index contributed by atoms with van der Waals surface area (Å²) in [7, 11) is 0. The lowest BCUT2D eigenvalue weighted by Crippen LogP contribution is -2.54. The van der Waals surface area contributed by atoms with Gasteiger partial charge in [0.05, 0.1) is 0 Å². The molecule has 0 amide bonds. The average molecular weight is 258 g/mol. The third-order valence-electron chi connectivity index (χ3n) is 4.87. The normalized spacial score (nSPS) is 26.0. The third-order valence-corrected chi connectivity index (χ3v) is 4.87. The lowest BCUT2D eigenvalue weighted by atomic mass is 10.1. The molecule has 3 rings (SSSR count). The number of nitrogens with zero attached hydrogens (tertiary/aromatic N) is 2. The smallest absolute Gasteiger partial charge is 0.0389 e. The lowest BCUT2D eigenvalue weighted by Gasteiger charge is -2.43. The molecule has 104 valence electrons. The monoisotopic (exact) mass is 258 g/mol. The number of aryl methyl sites for hydroxylation is 1. The largest absolute Gasteiger partial charge is 0.366 e. The van der Waals surface area contributed by atoms with Gasteiger partial charge in [-0.2, -0.15) is 0 Å². The number of anilines is 1. The SMILES string of the molecule is Cc1ccc(N2CCN(C3CCCC3)CC2C)cc1. The zero-order valence-corrected chi connectivity index (χ0v) is 12.3. The molecule has 1 aliphatic carbocycles. The highest BCUT2D eigenvalue weighted by Crippen LogP contribution is 2.27. The van der Waals surface area contributed by atoms with Crippen LogP contribution in [0.4, 0.5) is 5.69 Å². The Morgan fingerprint density at radius 3 is 2.32 bits per heavy atom. The van der Waals surface area contributed by atoms with Crippen molar-refractivity contribution in [1.29, 1.82) is 0 Å². The molecule has 0 aromatic heterocycles. The van der Waals surface area contributed by atoms with E-state index in [1.165, 1.54) is 56.6 Å². The van der Waals surface area contributed by atoms with E-state index in [1.807, 2.05) is 0 Å². The maximum absolute atomic E-state index is 2.74. The number of hydrogen-bond acceptors (Lipinski definition) is 2. The molecular formula is C17H26N2. The van der Waals surface area contributed by atoms with Gasteiger partial charge in [-0.25, -0.2) is 0 Å². The third kappa shape index (κ3) is 2.79. The van der Waals surface area contributed by atoms with E-state index in [0.29, 0.717) is 6.04 Å². The molecule has 0 bridgehead atoms. The van der Waals surface area contributed by atoms with Gasteiger partial charge in [0.25, 0.3) is 0 Å². The second-order valence-electron chi connectivity index (χ2n) is 6.31. The van der Waals surface area contributed by atoms with Crippen LogP contribution < -0.4 is 4.90 Å². The summed E-state index contributed by atoms with van der Waals surface area (Å²) in [4.78, 5) is 5.31. The predicted octanol–water partition coefficient (Wildman–Crippen LogP) is 3.45. The van der Waals surface area contributed by atoms with E-state index in [0.717, 1.165) is 6.04 Å². The van der Waals surface area contributed by atoms with Crippen LogP contribution in [0, 0.1) is 6.92 Å². The maximum atomic E-state index is 2.74. The molecule has 0 spiro atoms. The fraction of sp³-hybridized carbons (Fsp3) is 0.647. The second-order valence-corrected chi connectivity index (χ2v) is 6.31.